The Morgan fingerprint density at radius 2 is 2.24 bits per heavy atom. The molecule has 7 heteroatoms. The highest BCUT2D eigenvalue weighted by molar-refractivity contribution is 7.80. The van der Waals surface area contributed by atoms with Crippen LogP contribution in [0.3, 0.4) is 0 Å². The fourth-order valence-electron chi connectivity index (χ4n) is 2.88. The van der Waals surface area contributed by atoms with Gasteiger partial charge in [0.05, 0.1) is 18.8 Å². The monoisotopic (exact) mass is 361 g/mol. The molecule has 1 aromatic heterocycles. The second-order valence-electron chi connectivity index (χ2n) is 6.14. The third-order valence-electron chi connectivity index (χ3n) is 4.31. The number of hydrogen-bond donors (Lipinski definition) is 3. The molecule has 1 aromatic carbocycles. The summed E-state index contributed by atoms with van der Waals surface area (Å²) in [4.78, 5) is 12.1. The number of carbonyl (C=O) groups excluding carboxylic acids is 1. The Morgan fingerprint density at radius 3 is 3.00 bits per heavy atom. The van der Waals surface area contributed by atoms with Gasteiger partial charge in [-0.2, -0.15) is 0 Å². The van der Waals surface area contributed by atoms with Crippen LogP contribution in [0.25, 0.3) is 11.0 Å². The van der Waals surface area contributed by atoms with Crippen molar-refractivity contribution in [3.63, 3.8) is 0 Å². The fourth-order valence-corrected chi connectivity index (χ4v) is 3.02. The lowest BCUT2D eigenvalue weighted by Crippen LogP contribution is -2.48. The molecule has 0 aliphatic carbocycles. The van der Waals surface area contributed by atoms with Crippen LogP contribution in [0.2, 0.25) is 0 Å². The molecule has 1 aliphatic heterocycles. The molecule has 0 spiro atoms. The summed E-state index contributed by atoms with van der Waals surface area (Å²) >= 11 is 5.15. The number of ether oxygens (including phenoxy) is 1. The second kappa shape index (κ2) is 8.31. The minimum atomic E-state index is -0.177. The summed E-state index contributed by atoms with van der Waals surface area (Å²) < 4.78 is 11.1. The van der Waals surface area contributed by atoms with Crippen LogP contribution in [0, 0.1) is 0 Å². The summed E-state index contributed by atoms with van der Waals surface area (Å²) in [6.45, 7) is 3.55. The number of amides is 1. The van der Waals surface area contributed by atoms with E-state index in [0.29, 0.717) is 11.7 Å². The zero-order valence-electron chi connectivity index (χ0n) is 14.3. The lowest BCUT2D eigenvalue weighted by atomic mass is 10.1. The molecule has 1 unspecified atom stereocenters. The van der Waals surface area contributed by atoms with Gasteiger partial charge in [0.25, 0.3) is 0 Å². The zero-order chi connectivity index (χ0) is 17.6. The van der Waals surface area contributed by atoms with Crippen LogP contribution >= 0.6 is 12.2 Å². The van der Waals surface area contributed by atoms with Crippen molar-refractivity contribution >= 4 is 34.2 Å². The molecule has 6 nitrogen and oxygen atoms in total. The number of furan rings is 1. The minimum absolute atomic E-state index is 0.177. The first-order chi connectivity index (χ1) is 12.2. The third-order valence-corrected chi connectivity index (χ3v) is 4.56. The molecule has 2 aromatic rings. The van der Waals surface area contributed by atoms with Gasteiger partial charge in [0, 0.05) is 24.1 Å². The molecule has 0 bridgehead atoms. The van der Waals surface area contributed by atoms with Crippen molar-refractivity contribution in [3.05, 3.63) is 35.6 Å². The Bertz CT molecular complexity index is 753. The summed E-state index contributed by atoms with van der Waals surface area (Å²) in [5.41, 5.74) is 8.20. The zero-order valence-corrected chi connectivity index (χ0v) is 15.1. The third kappa shape index (κ3) is 4.70. The average molecular weight is 361 g/mol. The van der Waals surface area contributed by atoms with E-state index < -0.39 is 0 Å². The molecule has 1 atom stereocenters. The summed E-state index contributed by atoms with van der Waals surface area (Å²) in [6.07, 6.45) is 5.13. The molecule has 25 heavy (non-hydrogen) atoms. The number of thiocarbonyl (C=S) groups is 1. The van der Waals surface area contributed by atoms with Gasteiger partial charge in [0.1, 0.15) is 5.58 Å². The van der Waals surface area contributed by atoms with Crippen LogP contribution < -0.4 is 16.2 Å². The van der Waals surface area contributed by atoms with E-state index in [1.807, 2.05) is 12.1 Å². The van der Waals surface area contributed by atoms with E-state index in [-0.39, 0.29) is 18.4 Å². The highest BCUT2D eigenvalue weighted by Crippen LogP contribution is 2.23. The summed E-state index contributed by atoms with van der Waals surface area (Å²) in [5, 5.41) is 4.39. The lowest BCUT2D eigenvalue weighted by Gasteiger charge is -2.14. The Morgan fingerprint density at radius 1 is 1.36 bits per heavy atom. The highest BCUT2D eigenvalue weighted by atomic mass is 32.1. The van der Waals surface area contributed by atoms with E-state index in [0.717, 1.165) is 42.4 Å². The van der Waals surface area contributed by atoms with Gasteiger partial charge in [-0.25, -0.2) is 0 Å². The van der Waals surface area contributed by atoms with Crippen LogP contribution in [-0.4, -0.2) is 30.3 Å². The van der Waals surface area contributed by atoms with Crippen molar-refractivity contribution in [2.75, 3.05) is 13.2 Å². The van der Waals surface area contributed by atoms with Crippen molar-refractivity contribution in [3.8, 4) is 0 Å². The maximum atomic E-state index is 12.1. The Balaban J connectivity index is 1.46. The molecule has 1 amide bonds. The SMILES string of the molecule is CCc1ccc2c(CC(=O)NNC(=S)NCC3CCCO3)coc2c1. The number of nitrogens with one attached hydrogen (secondary N) is 3. The maximum absolute atomic E-state index is 12.1. The van der Waals surface area contributed by atoms with E-state index in [1.54, 1.807) is 6.26 Å². The maximum Gasteiger partial charge on any atom is 0.242 e. The van der Waals surface area contributed by atoms with Gasteiger partial charge in [0.15, 0.2) is 5.11 Å². The van der Waals surface area contributed by atoms with Crippen LogP contribution in [0.1, 0.15) is 30.9 Å². The second-order valence-corrected chi connectivity index (χ2v) is 6.55. The van der Waals surface area contributed by atoms with Crippen molar-refractivity contribution in [2.24, 2.45) is 0 Å². The molecular weight excluding hydrogens is 338 g/mol. The van der Waals surface area contributed by atoms with E-state index in [2.05, 4.69) is 29.2 Å². The quantitative estimate of drug-likeness (QED) is 0.560. The number of hydrogen-bond acceptors (Lipinski definition) is 4. The standard InChI is InChI=1S/C18H23N3O3S/c1-2-12-5-6-15-13(11-24-16(15)8-12)9-17(22)20-21-18(25)19-10-14-4-3-7-23-14/h5-6,8,11,14H,2-4,7,9-10H2,1H3,(H,20,22)(H2,19,21,25). The molecule has 1 aliphatic rings. The lowest BCUT2D eigenvalue weighted by molar-refractivity contribution is -0.121. The van der Waals surface area contributed by atoms with Crippen LogP contribution in [0.15, 0.2) is 28.9 Å². The number of benzene rings is 1. The first-order valence-corrected chi connectivity index (χ1v) is 9.00. The molecule has 3 rings (SSSR count). The summed E-state index contributed by atoms with van der Waals surface area (Å²) in [6, 6.07) is 6.07. The summed E-state index contributed by atoms with van der Waals surface area (Å²) in [5.74, 6) is -0.177. The Hall–Kier alpha value is -2.12. The first-order valence-electron chi connectivity index (χ1n) is 8.59. The van der Waals surface area contributed by atoms with Gasteiger partial charge in [-0.15, -0.1) is 0 Å². The summed E-state index contributed by atoms with van der Waals surface area (Å²) in [7, 11) is 0. The van der Waals surface area contributed by atoms with Gasteiger partial charge in [-0.3, -0.25) is 15.6 Å². The number of aryl methyl sites for hydroxylation is 1. The van der Waals surface area contributed by atoms with Gasteiger partial charge in [-0.05, 0) is 43.1 Å². The molecule has 0 saturated carbocycles. The number of hydrazine groups is 1. The molecular formula is C18H23N3O3S. The Labute approximate surface area is 152 Å². The van der Waals surface area contributed by atoms with Gasteiger partial charge in [-0.1, -0.05) is 19.1 Å². The van der Waals surface area contributed by atoms with Crippen LogP contribution in [-0.2, 0) is 22.4 Å². The average Bonchev–Trinajstić information content (AvgIpc) is 3.28. The van der Waals surface area contributed by atoms with Crippen molar-refractivity contribution in [1.82, 2.24) is 16.2 Å². The van der Waals surface area contributed by atoms with Gasteiger partial charge in [0.2, 0.25) is 5.91 Å². The number of rotatable bonds is 5. The van der Waals surface area contributed by atoms with Gasteiger partial charge < -0.3 is 14.5 Å². The van der Waals surface area contributed by atoms with E-state index in [9.17, 15) is 4.79 Å². The smallest absolute Gasteiger partial charge is 0.242 e. The number of carbonyl (C=O) groups is 1. The Kier molecular flexibility index (Phi) is 5.88. The first kappa shape index (κ1) is 17.7. The van der Waals surface area contributed by atoms with E-state index in [4.69, 9.17) is 21.4 Å². The van der Waals surface area contributed by atoms with E-state index >= 15 is 0 Å². The molecule has 1 fully saturated rings. The minimum Gasteiger partial charge on any atom is -0.464 e. The van der Waals surface area contributed by atoms with Crippen molar-refractivity contribution in [2.45, 2.75) is 38.7 Å². The van der Waals surface area contributed by atoms with E-state index in [1.165, 1.54) is 5.56 Å². The number of fused-ring (bicyclic) bond motifs is 1. The highest BCUT2D eigenvalue weighted by Gasteiger charge is 2.15. The molecule has 134 valence electrons. The largest absolute Gasteiger partial charge is 0.464 e. The van der Waals surface area contributed by atoms with Crippen LogP contribution in [0.4, 0.5) is 0 Å². The van der Waals surface area contributed by atoms with Crippen molar-refractivity contribution in [1.29, 1.82) is 0 Å². The topological polar surface area (TPSA) is 75.5 Å². The fraction of sp³-hybridized carbons (Fsp3) is 0.444. The molecule has 1 saturated heterocycles. The predicted octanol–water partition coefficient (Wildman–Crippen LogP) is 2.21. The van der Waals surface area contributed by atoms with Crippen molar-refractivity contribution < 1.29 is 13.9 Å². The normalized spacial score (nSPS) is 16.8. The molecule has 2 heterocycles. The molecule has 0 radical (unpaired) electrons. The predicted molar refractivity (Wildman–Crippen MR) is 100 cm³/mol. The molecule has 3 N–H and O–H groups in total. The van der Waals surface area contributed by atoms with Crippen LogP contribution in [0.5, 0.6) is 0 Å². The van der Waals surface area contributed by atoms with Gasteiger partial charge >= 0.3 is 0 Å².